The van der Waals surface area contributed by atoms with E-state index in [9.17, 15) is 19.1 Å². The fourth-order valence-electron chi connectivity index (χ4n) is 2.11. The molecule has 0 spiro atoms. The lowest BCUT2D eigenvalue weighted by Gasteiger charge is -2.24. The van der Waals surface area contributed by atoms with Gasteiger partial charge in [0.05, 0.1) is 0 Å². The number of ether oxygens (including phenoxy) is 1. The lowest BCUT2D eigenvalue weighted by Crippen LogP contribution is -2.35. The first kappa shape index (κ1) is 14.1. The van der Waals surface area contributed by atoms with Gasteiger partial charge in [0.15, 0.2) is 0 Å². The molecule has 0 bridgehead atoms. The zero-order chi connectivity index (χ0) is 13.9. The predicted octanol–water partition coefficient (Wildman–Crippen LogP) is 1.92. The van der Waals surface area contributed by atoms with E-state index in [1.165, 1.54) is 0 Å². The molecule has 19 heavy (non-hydrogen) atoms. The summed E-state index contributed by atoms with van der Waals surface area (Å²) >= 11 is 0. The lowest BCUT2D eigenvalue weighted by atomic mass is 10.2. The smallest absolute Gasteiger partial charge is 0.410 e. The van der Waals surface area contributed by atoms with Crippen LogP contribution in [0.25, 0.3) is 0 Å². The minimum atomic E-state index is -4.29. The monoisotopic (exact) mass is 285 g/mol. The molecule has 1 amide bonds. The van der Waals surface area contributed by atoms with Gasteiger partial charge in [0.25, 0.3) is 0 Å². The molecule has 1 unspecified atom stereocenters. The van der Waals surface area contributed by atoms with E-state index in [2.05, 4.69) is 0 Å². The van der Waals surface area contributed by atoms with Crippen molar-refractivity contribution in [1.29, 1.82) is 0 Å². The average molecular weight is 285 g/mol. The molecule has 0 aromatic heterocycles. The maximum atomic E-state index is 11.8. The molecule has 1 saturated heterocycles. The van der Waals surface area contributed by atoms with Crippen LogP contribution in [0.2, 0.25) is 0 Å². The molecule has 7 heteroatoms. The van der Waals surface area contributed by atoms with E-state index in [0.29, 0.717) is 19.4 Å². The van der Waals surface area contributed by atoms with Crippen molar-refractivity contribution in [3.63, 3.8) is 0 Å². The van der Waals surface area contributed by atoms with Gasteiger partial charge in [0.1, 0.15) is 12.4 Å². The average Bonchev–Trinajstić information content (AvgIpc) is 2.86. The van der Waals surface area contributed by atoms with Crippen LogP contribution in [-0.4, -0.2) is 33.1 Å². The van der Waals surface area contributed by atoms with Crippen LogP contribution >= 0.6 is 7.60 Å². The fourth-order valence-corrected chi connectivity index (χ4v) is 3.21. The molecule has 2 N–H and O–H groups in total. The third kappa shape index (κ3) is 3.56. The highest BCUT2D eigenvalue weighted by Gasteiger charge is 2.41. The highest BCUT2D eigenvalue weighted by Crippen LogP contribution is 2.47. The minimum Gasteiger partial charge on any atom is -0.445 e. The highest BCUT2D eigenvalue weighted by atomic mass is 31.2. The van der Waals surface area contributed by atoms with Crippen molar-refractivity contribution in [3.8, 4) is 0 Å². The summed E-state index contributed by atoms with van der Waals surface area (Å²) in [5, 5.41) is 0. The summed E-state index contributed by atoms with van der Waals surface area (Å²) in [5.41, 5.74) is 0.836. The molecule has 1 atom stereocenters. The van der Waals surface area contributed by atoms with Crippen LogP contribution in [0.5, 0.6) is 0 Å². The molecular formula is C12H16NO5P. The number of carbonyl (C=O) groups excluding carboxylic acids is 1. The van der Waals surface area contributed by atoms with Gasteiger partial charge in [0, 0.05) is 6.54 Å². The topological polar surface area (TPSA) is 87.1 Å². The van der Waals surface area contributed by atoms with E-state index in [1.54, 1.807) is 0 Å². The number of nitrogens with zero attached hydrogens (tertiary/aromatic N) is 1. The van der Waals surface area contributed by atoms with Gasteiger partial charge in [-0.25, -0.2) is 4.79 Å². The number of hydrogen-bond acceptors (Lipinski definition) is 3. The standard InChI is InChI=1S/C12H16NO5P/c14-12(18-9-10-5-2-1-3-6-10)13-8-4-7-11(13)19(15,16)17/h1-3,5-6,11H,4,7-9H2,(H2,15,16,17). The van der Waals surface area contributed by atoms with Crippen LogP contribution in [0.1, 0.15) is 18.4 Å². The largest absolute Gasteiger partial charge is 0.445 e. The first-order valence-corrected chi connectivity index (χ1v) is 7.69. The van der Waals surface area contributed by atoms with Crippen LogP contribution in [0.15, 0.2) is 30.3 Å². The van der Waals surface area contributed by atoms with Gasteiger partial charge in [-0.1, -0.05) is 30.3 Å². The Labute approximate surface area is 111 Å². The van der Waals surface area contributed by atoms with Gasteiger partial charge in [-0.15, -0.1) is 0 Å². The molecule has 1 aliphatic rings. The van der Waals surface area contributed by atoms with Crippen LogP contribution in [-0.2, 0) is 15.9 Å². The molecule has 0 saturated carbocycles. The normalized spacial score (nSPS) is 19.5. The third-order valence-electron chi connectivity index (χ3n) is 3.05. The second-order valence-electron chi connectivity index (χ2n) is 4.45. The van der Waals surface area contributed by atoms with Crippen molar-refractivity contribution < 1.29 is 23.9 Å². The number of carbonyl (C=O) groups is 1. The third-order valence-corrected chi connectivity index (χ3v) is 4.36. The first-order valence-electron chi connectivity index (χ1n) is 6.01. The highest BCUT2D eigenvalue weighted by molar-refractivity contribution is 7.52. The molecule has 6 nitrogen and oxygen atoms in total. The Balaban J connectivity index is 1.95. The Morgan fingerprint density at radius 2 is 2.05 bits per heavy atom. The van der Waals surface area contributed by atoms with Gasteiger partial charge in [-0.05, 0) is 18.4 Å². The molecule has 1 heterocycles. The van der Waals surface area contributed by atoms with E-state index in [4.69, 9.17) is 4.74 Å². The maximum Gasteiger partial charge on any atom is 0.410 e. The summed E-state index contributed by atoms with van der Waals surface area (Å²) in [5.74, 6) is -1.05. The molecule has 1 aromatic rings. The number of likely N-dealkylation sites (tertiary alicyclic amines) is 1. The quantitative estimate of drug-likeness (QED) is 0.828. The number of amides is 1. The Kier molecular flexibility index (Phi) is 4.24. The summed E-state index contributed by atoms with van der Waals surface area (Å²) in [6.07, 6.45) is 0.218. The molecule has 1 fully saturated rings. The minimum absolute atomic E-state index is 0.101. The summed E-state index contributed by atoms with van der Waals surface area (Å²) in [7, 11) is -4.29. The van der Waals surface area contributed by atoms with Gasteiger partial charge in [-0.3, -0.25) is 9.46 Å². The Bertz CT molecular complexity index is 486. The first-order chi connectivity index (χ1) is 8.98. The van der Waals surface area contributed by atoms with Crippen LogP contribution in [0, 0.1) is 0 Å². The van der Waals surface area contributed by atoms with Crippen LogP contribution in [0.3, 0.4) is 0 Å². The van der Waals surface area contributed by atoms with Crippen LogP contribution in [0.4, 0.5) is 4.79 Å². The molecule has 2 rings (SSSR count). The van der Waals surface area contributed by atoms with Crippen LogP contribution < -0.4 is 0 Å². The number of hydrogen-bond donors (Lipinski definition) is 2. The maximum absolute atomic E-state index is 11.8. The summed E-state index contributed by atoms with van der Waals surface area (Å²) in [6.45, 7) is 0.424. The SMILES string of the molecule is O=C(OCc1ccccc1)N1CCCC1P(=O)(O)O. The van der Waals surface area contributed by atoms with E-state index in [-0.39, 0.29) is 6.61 Å². The Morgan fingerprint density at radius 3 is 2.68 bits per heavy atom. The van der Waals surface area contributed by atoms with E-state index in [0.717, 1.165) is 10.5 Å². The molecular weight excluding hydrogens is 269 g/mol. The number of rotatable bonds is 3. The van der Waals surface area contributed by atoms with Gasteiger partial charge < -0.3 is 14.5 Å². The van der Waals surface area contributed by atoms with Gasteiger partial charge in [0.2, 0.25) is 0 Å². The van der Waals surface area contributed by atoms with Gasteiger partial charge >= 0.3 is 13.7 Å². The zero-order valence-corrected chi connectivity index (χ0v) is 11.2. The van der Waals surface area contributed by atoms with E-state index >= 15 is 0 Å². The Hall–Kier alpha value is -1.36. The fraction of sp³-hybridized carbons (Fsp3) is 0.417. The summed E-state index contributed by atoms with van der Waals surface area (Å²) in [4.78, 5) is 31.3. The Morgan fingerprint density at radius 1 is 1.37 bits per heavy atom. The molecule has 104 valence electrons. The van der Waals surface area contributed by atoms with Crippen molar-refractivity contribution in [3.05, 3.63) is 35.9 Å². The molecule has 1 aromatic carbocycles. The zero-order valence-electron chi connectivity index (χ0n) is 10.3. The second kappa shape index (κ2) is 5.74. The van der Waals surface area contributed by atoms with Crippen molar-refractivity contribution in [2.45, 2.75) is 25.2 Å². The second-order valence-corrected chi connectivity index (χ2v) is 6.22. The number of benzene rings is 1. The predicted molar refractivity (Wildman–Crippen MR) is 68.4 cm³/mol. The molecule has 0 aliphatic carbocycles. The lowest BCUT2D eigenvalue weighted by molar-refractivity contribution is 0.0971. The van der Waals surface area contributed by atoms with Crippen molar-refractivity contribution >= 4 is 13.7 Å². The van der Waals surface area contributed by atoms with Gasteiger partial charge in [-0.2, -0.15) is 0 Å². The van der Waals surface area contributed by atoms with Crippen molar-refractivity contribution in [2.24, 2.45) is 0 Å². The van der Waals surface area contributed by atoms with E-state index in [1.807, 2.05) is 30.3 Å². The van der Waals surface area contributed by atoms with Crippen molar-refractivity contribution in [2.75, 3.05) is 6.54 Å². The summed E-state index contributed by atoms with van der Waals surface area (Å²) in [6, 6.07) is 9.15. The van der Waals surface area contributed by atoms with Crippen molar-refractivity contribution in [1.82, 2.24) is 4.90 Å². The summed E-state index contributed by atoms with van der Waals surface area (Å²) < 4.78 is 16.3. The molecule has 1 aliphatic heterocycles. The molecule has 0 radical (unpaired) electrons. The van der Waals surface area contributed by atoms with E-state index < -0.39 is 19.5 Å².